The molecule has 4 aromatic rings. The van der Waals surface area contributed by atoms with Crippen LogP contribution < -0.4 is 20.3 Å². The number of aryl methyl sites for hydroxylation is 1. The Balaban J connectivity index is 1.77. The molecule has 2 aromatic carbocycles. The van der Waals surface area contributed by atoms with Crippen molar-refractivity contribution in [3.8, 4) is 11.5 Å². The second-order valence-corrected chi connectivity index (χ2v) is 8.54. The molecule has 2 aromatic heterocycles. The van der Waals surface area contributed by atoms with E-state index < -0.39 is 0 Å². The quantitative estimate of drug-likeness (QED) is 0.442. The van der Waals surface area contributed by atoms with Crippen LogP contribution in [0.15, 0.2) is 41.3 Å². The first-order valence-corrected chi connectivity index (χ1v) is 11.1. The van der Waals surface area contributed by atoms with Crippen LogP contribution in [0.2, 0.25) is 0 Å². The van der Waals surface area contributed by atoms with Gasteiger partial charge < -0.3 is 24.3 Å². The van der Waals surface area contributed by atoms with Crippen LogP contribution in [-0.2, 0) is 6.54 Å². The van der Waals surface area contributed by atoms with Crippen LogP contribution in [-0.4, -0.2) is 48.4 Å². The fourth-order valence-corrected chi connectivity index (χ4v) is 4.32. The van der Waals surface area contributed by atoms with Crippen molar-refractivity contribution in [2.45, 2.75) is 26.3 Å². The number of benzene rings is 2. The Hall–Kier alpha value is -3.32. The minimum Gasteiger partial charge on any atom is -0.454 e. The molecule has 0 unspecified atom stereocenters. The molecule has 0 saturated heterocycles. The lowest BCUT2D eigenvalue weighted by molar-refractivity contribution is 0.174. The highest BCUT2D eigenvalue weighted by Gasteiger charge is 2.19. The smallest absolute Gasteiger partial charge is 0.258 e. The van der Waals surface area contributed by atoms with E-state index >= 15 is 0 Å². The molecule has 0 amide bonds. The van der Waals surface area contributed by atoms with E-state index in [0.717, 1.165) is 58.8 Å². The maximum absolute atomic E-state index is 13.6. The molecule has 1 aliphatic heterocycles. The van der Waals surface area contributed by atoms with E-state index in [2.05, 4.69) is 37.3 Å². The number of pyridine rings is 2. The first-order chi connectivity index (χ1) is 15.6. The molecule has 166 valence electrons. The van der Waals surface area contributed by atoms with Gasteiger partial charge in [0.1, 0.15) is 0 Å². The summed E-state index contributed by atoms with van der Waals surface area (Å²) in [6, 6.07) is 9.84. The maximum Gasteiger partial charge on any atom is 0.258 e. The fourth-order valence-electron chi connectivity index (χ4n) is 4.32. The molecular formula is C25H28N4O3. The molecule has 0 radical (unpaired) electrons. The van der Waals surface area contributed by atoms with Gasteiger partial charge in [0.15, 0.2) is 11.5 Å². The van der Waals surface area contributed by atoms with Crippen molar-refractivity contribution in [2.75, 3.05) is 39.3 Å². The molecule has 7 nitrogen and oxygen atoms in total. The minimum absolute atomic E-state index is 0.0333. The van der Waals surface area contributed by atoms with Crippen molar-refractivity contribution >= 4 is 38.3 Å². The number of rotatable bonds is 7. The summed E-state index contributed by atoms with van der Waals surface area (Å²) >= 11 is 0. The van der Waals surface area contributed by atoms with Gasteiger partial charge in [-0.1, -0.05) is 13.3 Å². The SMILES string of the molecule is CCCCn1c(=O)c2ccc(NCCN(C)C)cc2c2cnc3cc4c(cc3c21)OCO4. The van der Waals surface area contributed by atoms with E-state index in [-0.39, 0.29) is 12.4 Å². The van der Waals surface area contributed by atoms with Gasteiger partial charge in [0.2, 0.25) is 6.79 Å². The molecule has 0 fully saturated rings. The average Bonchev–Trinajstić information content (AvgIpc) is 3.24. The van der Waals surface area contributed by atoms with Crippen LogP contribution in [0, 0.1) is 0 Å². The Kier molecular flexibility index (Phi) is 5.35. The first kappa shape index (κ1) is 20.6. The van der Waals surface area contributed by atoms with Crippen molar-refractivity contribution < 1.29 is 9.47 Å². The molecule has 0 saturated carbocycles. The number of aromatic nitrogens is 2. The number of likely N-dealkylation sites (N-methyl/N-ethyl adjacent to an activating group) is 1. The molecule has 1 aliphatic rings. The van der Waals surface area contributed by atoms with Gasteiger partial charge in [-0.25, -0.2) is 0 Å². The molecule has 0 spiro atoms. The van der Waals surface area contributed by atoms with Crippen molar-refractivity contribution in [3.05, 3.63) is 46.9 Å². The monoisotopic (exact) mass is 432 g/mol. The van der Waals surface area contributed by atoms with Crippen LogP contribution in [0.4, 0.5) is 5.69 Å². The summed E-state index contributed by atoms with van der Waals surface area (Å²) in [5.74, 6) is 1.39. The van der Waals surface area contributed by atoms with Gasteiger partial charge in [-0.15, -0.1) is 0 Å². The topological polar surface area (TPSA) is 68.6 Å². The molecule has 1 N–H and O–H groups in total. The first-order valence-electron chi connectivity index (χ1n) is 11.1. The predicted octanol–water partition coefficient (Wildman–Crippen LogP) is 4.21. The lowest BCUT2D eigenvalue weighted by Gasteiger charge is -2.16. The predicted molar refractivity (Wildman–Crippen MR) is 129 cm³/mol. The third-order valence-corrected chi connectivity index (χ3v) is 6.01. The Morgan fingerprint density at radius 1 is 1.06 bits per heavy atom. The highest BCUT2D eigenvalue weighted by atomic mass is 16.7. The van der Waals surface area contributed by atoms with Crippen LogP contribution in [0.1, 0.15) is 19.8 Å². The number of anilines is 1. The Bertz CT molecular complexity index is 1380. The fraction of sp³-hybridized carbons (Fsp3) is 0.360. The average molecular weight is 433 g/mol. The standard InChI is InChI=1S/C25H28N4O3/c1-4-5-9-29-24-19-12-22-23(32-15-31-22)13-21(19)27-14-20(24)18-11-16(26-8-10-28(2)3)6-7-17(18)25(29)30/h6-7,11-14,26H,4-5,8-10,15H2,1-3H3. The summed E-state index contributed by atoms with van der Waals surface area (Å²) in [6.45, 7) is 4.76. The van der Waals surface area contributed by atoms with Crippen molar-refractivity contribution in [1.29, 1.82) is 0 Å². The largest absolute Gasteiger partial charge is 0.454 e. The zero-order valence-electron chi connectivity index (χ0n) is 18.8. The number of hydrogen-bond acceptors (Lipinski definition) is 6. The van der Waals surface area contributed by atoms with E-state index in [1.165, 1.54) is 0 Å². The molecule has 5 rings (SSSR count). The molecule has 0 bridgehead atoms. The second kappa shape index (κ2) is 8.31. The zero-order valence-corrected chi connectivity index (χ0v) is 18.8. The third kappa shape index (κ3) is 3.52. The van der Waals surface area contributed by atoms with Gasteiger partial charge in [-0.2, -0.15) is 0 Å². The van der Waals surface area contributed by atoms with E-state index in [1.54, 1.807) is 0 Å². The summed E-state index contributed by atoms with van der Waals surface area (Å²) in [5.41, 5.74) is 2.74. The lowest BCUT2D eigenvalue weighted by Crippen LogP contribution is -2.22. The third-order valence-electron chi connectivity index (χ3n) is 6.01. The van der Waals surface area contributed by atoms with Gasteiger partial charge >= 0.3 is 0 Å². The summed E-state index contributed by atoms with van der Waals surface area (Å²) in [4.78, 5) is 20.5. The van der Waals surface area contributed by atoms with Gasteiger partial charge in [-0.3, -0.25) is 9.78 Å². The van der Waals surface area contributed by atoms with Crippen LogP contribution in [0.25, 0.3) is 32.6 Å². The number of unbranched alkanes of at least 4 members (excludes halogenated alkanes) is 1. The Labute approximate surface area is 186 Å². The molecule has 0 aliphatic carbocycles. The highest BCUT2D eigenvalue weighted by molar-refractivity contribution is 6.15. The van der Waals surface area contributed by atoms with E-state index in [4.69, 9.17) is 14.5 Å². The van der Waals surface area contributed by atoms with Gasteiger partial charge in [-0.05, 0) is 44.8 Å². The summed E-state index contributed by atoms with van der Waals surface area (Å²) in [6.07, 6.45) is 3.82. The second-order valence-electron chi connectivity index (χ2n) is 8.54. The van der Waals surface area contributed by atoms with Crippen LogP contribution in [0.5, 0.6) is 11.5 Å². The van der Waals surface area contributed by atoms with Crippen LogP contribution >= 0.6 is 0 Å². The lowest BCUT2D eigenvalue weighted by atomic mass is 10.0. The Morgan fingerprint density at radius 3 is 2.66 bits per heavy atom. The minimum atomic E-state index is 0.0333. The number of nitrogens with one attached hydrogen (secondary N) is 1. The Morgan fingerprint density at radius 2 is 1.88 bits per heavy atom. The number of hydrogen-bond donors (Lipinski definition) is 1. The van der Waals surface area contributed by atoms with Gasteiger partial charge in [0, 0.05) is 59.1 Å². The molecule has 7 heteroatoms. The zero-order chi connectivity index (χ0) is 22.2. The van der Waals surface area contributed by atoms with Crippen molar-refractivity contribution in [1.82, 2.24) is 14.5 Å². The number of ether oxygens (including phenoxy) is 2. The summed E-state index contributed by atoms with van der Waals surface area (Å²) in [7, 11) is 4.10. The molecular weight excluding hydrogens is 404 g/mol. The van der Waals surface area contributed by atoms with Crippen LogP contribution in [0.3, 0.4) is 0 Å². The van der Waals surface area contributed by atoms with E-state index in [1.807, 2.05) is 35.0 Å². The van der Waals surface area contributed by atoms with Gasteiger partial charge in [0.05, 0.1) is 11.0 Å². The molecule has 32 heavy (non-hydrogen) atoms. The normalized spacial score (nSPS) is 13.0. The van der Waals surface area contributed by atoms with Crippen molar-refractivity contribution in [2.24, 2.45) is 0 Å². The molecule has 0 atom stereocenters. The number of nitrogens with zero attached hydrogens (tertiary/aromatic N) is 3. The summed E-state index contributed by atoms with van der Waals surface area (Å²) in [5, 5.41) is 6.98. The van der Waals surface area contributed by atoms with Crippen molar-refractivity contribution in [3.63, 3.8) is 0 Å². The highest BCUT2D eigenvalue weighted by Crippen LogP contribution is 2.38. The number of fused-ring (bicyclic) bond motifs is 6. The van der Waals surface area contributed by atoms with E-state index in [9.17, 15) is 4.79 Å². The summed E-state index contributed by atoms with van der Waals surface area (Å²) < 4.78 is 13.1. The maximum atomic E-state index is 13.6. The molecule has 3 heterocycles. The van der Waals surface area contributed by atoms with E-state index in [0.29, 0.717) is 23.4 Å². The van der Waals surface area contributed by atoms with Gasteiger partial charge in [0.25, 0.3) is 5.56 Å².